The molecule has 0 unspecified atom stereocenters. The SMILES string of the molecule is CC(C)(C)C[C@H]1N[C@@H](C(=O)NCCN2C[C@H](O)[C@@H](O)C2)[C@H](c2cccc(Cl)c2F)[C@@]12C(=O)Nc1cc(Cl)c(F)cc12. The summed E-state index contributed by atoms with van der Waals surface area (Å²) in [6, 6.07) is 5.21. The maximum Gasteiger partial charge on any atom is 0.237 e. The molecule has 0 radical (unpaired) electrons. The van der Waals surface area contributed by atoms with E-state index in [1.807, 2.05) is 25.7 Å². The molecule has 222 valence electrons. The number of halogens is 4. The molecule has 2 aromatic rings. The molecule has 8 nitrogen and oxygen atoms in total. The normalized spacial score (nSPS) is 29.7. The predicted molar refractivity (Wildman–Crippen MR) is 152 cm³/mol. The summed E-state index contributed by atoms with van der Waals surface area (Å²) in [6.45, 7) is 7.06. The van der Waals surface area contributed by atoms with Crippen LogP contribution in [0.1, 0.15) is 44.2 Å². The summed E-state index contributed by atoms with van der Waals surface area (Å²) in [5.74, 6) is -3.54. The summed E-state index contributed by atoms with van der Waals surface area (Å²) >= 11 is 12.3. The van der Waals surface area contributed by atoms with Crippen molar-refractivity contribution < 1.29 is 28.6 Å². The lowest BCUT2D eigenvalue weighted by Gasteiger charge is -2.37. The predicted octanol–water partition coefficient (Wildman–Crippen LogP) is 3.18. The molecule has 5 N–H and O–H groups in total. The minimum Gasteiger partial charge on any atom is -0.389 e. The van der Waals surface area contributed by atoms with Gasteiger partial charge in [-0.15, -0.1) is 0 Å². The number of aliphatic hydroxyl groups excluding tert-OH is 2. The number of carbonyl (C=O) groups is 2. The van der Waals surface area contributed by atoms with E-state index in [1.54, 1.807) is 6.07 Å². The van der Waals surface area contributed by atoms with Gasteiger partial charge in [-0.2, -0.15) is 0 Å². The largest absolute Gasteiger partial charge is 0.389 e. The summed E-state index contributed by atoms with van der Waals surface area (Å²) in [5, 5.41) is 28.4. The molecule has 2 aromatic carbocycles. The Morgan fingerprint density at radius 2 is 1.83 bits per heavy atom. The van der Waals surface area contributed by atoms with Crippen LogP contribution in [0.5, 0.6) is 0 Å². The van der Waals surface area contributed by atoms with Crippen LogP contribution in [0.4, 0.5) is 14.5 Å². The van der Waals surface area contributed by atoms with Crippen LogP contribution in [0.15, 0.2) is 30.3 Å². The zero-order valence-electron chi connectivity index (χ0n) is 23.0. The van der Waals surface area contributed by atoms with Gasteiger partial charge in [0.2, 0.25) is 11.8 Å². The van der Waals surface area contributed by atoms with Crippen molar-refractivity contribution in [1.29, 1.82) is 0 Å². The van der Waals surface area contributed by atoms with E-state index in [0.29, 0.717) is 24.2 Å². The van der Waals surface area contributed by atoms with Gasteiger partial charge >= 0.3 is 0 Å². The monoisotopic (exact) mass is 610 g/mol. The van der Waals surface area contributed by atoms with Gasteiger partial charge in [0, 0.05) is 43.8 Å². The number of hydrogen-bond acceptors (Lipinski definition) is 6. The molecule has 0 saturated carbocycles. The van der Waals surface area contributed by atoms with Crippen molar-refractivity contribution in [1.82, 2.24) is 15.5 Å². The van der Waals surface area contributed by atoms with E-state index in [0.717, 1.165) is 0 Å². The van der Waals surface area contributed by atoms with Crippen LogP contribution < -0.4 is 16.0 Å². The van der Waals surface area contributed by atoms with Gasteiger partial charge in [0.05, 0.1) is 28.3 Å². The number of carbonyl (C=O) groups excluding carboxylic acids is 2. The van der Waals surface area contributed by atoms with E-state index < -0.39 is 59.1 Å². The molecular weight excluding hydrogens is 577 g/mol. The second kappa shape index (κ2) is 11.1. The van der Waals surface area contributed by atoms with Gasteiger partial charge in [-0.3, -0.25) is 14.5 Å². The van der Waals surface area contributed by atoms with Crippen LogP contribution in [-0.2, 0) is 15.0 Å². The van der Waals surface area contributed by atoms with Crippen LogP contribution in [0.3, 0.4) is 0 Å². The number of benzene rings is 2. The fraction of sp³-hybridized carbons (Fsp3) is 0.517. The van der Waals surface area contributed by atoms with Crippen LogP contribution in [0.2, 0.25) is 10.0 Å². The Hall–Kier alpha value is -2.34. The molecule has 0 aliphatic carbocycles. The number of anilines is 1. The second-order valence-corrected chi connectivity index (χ2v) is 13.2. The first-order valence-electron chi connectivity index (χ1n) is 13.6. The third-order valence-electron chi connectivity index (χ3n) is 8.36. The average Bonchev–Trinajstić information content (AvgIpc) is 3.47. The highest BCUT2D eigenvalue weighted by molar-refractivity contribution is 6.31. The molecule has 6 atom stereocenters. The smallest absolute Gasteiger partial charge is 0.237 e. The molecule has 2 amide bonds. The summed E-state index contributed by atoms with van der Waals surface area (Å²) in [5.41, 5.74) is -1.23. The van der Waals surface area contributed by atoms with E-state index >= 15 is 4.39 Å². The lowest BCUT2D eigenvalue weighted by atomic mass is 9.62. The average molecular weight is 612 g/mol. The van der Waals surface area contributed by atoms with Gasteiger partial charge in [0.25, 0.3) is 0 Å². The van der Waals surface area contributed by atoms with Gasteiger partial charge in [-0.25, -0.2) is 8.78 Å². The van der Waals surface area contributed by atoms with E-state index in [2.05, 4.69) is 16.0 Å². The molecule has 41 heavy (non-hydrogen) atoms. The van der Waals surface area contributed by atoms with Crippen LogP contribution in [0.25, 0.3) is 0 Å². The quantitative estimate of drug-likeness (QED) is 0.343. The first kappa shape index (κ1) is 30.1. The lowest BCUT2D eigenvalue weighted by Crippen LogP contribution is -2.49. The minimum absolute atomic E-state index is 0.0608. The fourth-order valence-corrected chi connectivity index (χ4v) is 6.99. The molecule has 12 heteroatoms. The molecule has 0 bridgehead atoms. The number of nitrogens with zero attached hydrogens (tertiary/aromatic N) is 1. The Labute approximate surface area is 247 Å². The van der Waals surface area contributed by atoms with Gasteiger partial charge < -0.3 is 26.2 Å². The highest BCUT2D eigenvalue weighted by Crippen LogP contribution is 2.57. The number of amides is 2. The minimum atomic E-state index is -1.56. The molecule has 3 heterocycles. The van der Waals surface area contributed by atoms with Gasteiger partial charge in [0.15, 0.2) is 0 Å². The first-order chi connectivity index (χ1) is 19.2. The number of fused-ring (bicyclic) bond motifs is 2. The molecule has 3 aliphatic rings. The van der Waals surface area contributed by atoms with E-state index in [4.69, 9.17) is 23.2 Å². The van der Waals surface area contributed by atoms with Crippen molar-refractivity contribution in [3.8, 4) is 0 Å². The Bertz CT molecular complexity index is 1360. The standard InChI is InChI=1S/C29H34Cl2F2N4O4/c1-28(2,3)11-22-29(15-9-18(32)17(31)10-19(15)35-27(29)41)23(14-5-4-6-16(30)24(14)33)25(36-22)26(40)34-7-8-37-12-20(38)21(39)13-37/h4-6,9-10,20-23,25,36,38-39H,7-8,11-13H2,1-3H3,(H,34,40)(H,35,41)/t20-,21-,22+,23-,25+,29-/m0/s1. The number of likely N-dealkylation sites (tertiary alicyclic amines) is 1. The number of rotatable bonds is 6. The third kappa shape index (κ3) is 5.34. The van der Waals surface area contributed by atoms with Crippen molar-refractivity contribution in [2.24, 2.45) is 5.41 Å². The van der Waals surface area contributed by atoms with Crippen molar-refractivity contribution in [3.63, 3.8) is 0 Å². The van der Waals surface area contributed by atoms with Crippen LogP contribution in [0, 0.1) is 17.0 Å². The fourth-order valence-electron chi connectivity index (χ4n) is 6.64. The molecular formula is C29H34Cl2F2N4O4. The summed E-state index contributed by atoms with van der Waals surface area (Å²) in [4.78, 5) is 29.8. The van der Waals surface area contributed by atoms with Crippen molar-refractivity contribution in [2.75, 3.05) is 31.5 Å². The highest BCUT2D eigenvalue weighted by Gasteiger charge is 2.66. The lowest BCUT2D eigenvalue weighted by molar-refractivity contribution is -0.123. The molecule has 0 aromatic heterocycles. The maximum atomic E-state index is 15.8. The van der Waals surface area contributed by atoms with Crippen molar-refractivity contribution in [2.45, 2.75) is 62.8 Å². The molecule has 3 aliphatic heterocycles. The Morgan fingerprint density at radius 3 is 2.49 bits per heavy atom. The van der Waals surface area contributed by atoms with E-state index in [1.165, 1.54) is 24.3 Å². The van der Waals surface area contributed by atoms with Crippen molar-refractivity contribution in [3.05, 3.63) is 63.1 Å². The van der Waals surface area contributed by atoms with Crippen molar-refractivity contribution >= 4 is 40.7 Å². The third-order valence-corrected chi connectivity index (χ3v) is 8.94. The first-order valence-corrected chi connectivity index (χ1v) is 14.4. The number of aliphatic hydroxyl groups is 2. The summed E-state index contributed by atoms with van der Waals surface area (Å²) < 4.78 is 30.8. The Balaban J connectivity index is 1.59. The van der Waals surface area contributed by atoms with Crippen LogP contribution >= 0.6 is 23.2 Å². The Kier molecular flexibility index (Phi) is 8.12. The van der Waals surface area contributed by atoms with Gasteiger partial charge in [0.1, 0.15) is 17.0 Å². The summed E-state index contributed by atoms with van der Waals surface area (Å²) in [6.07, 6.45) is -1.31. The second-order valence-electron chi connectivity index (χ2n) is 12.4. The zero-order chi connectivity index (χ0) is 29.9. The van der Waals surface area contributed by atoms with Crippen LogP contribution in [-0.4, -0.2) is 77.4 Å². The maximum absolute atomic E-state index is 15.8. The van der Waals surface area contributed by atoms with E-state index in [-0.39, 0.29) is 40.7 Å². The highest BCUT2D eigenvalue weighted by atomic mass is 35.5. The molecule has 2 fully saturated rings. The molecule has 2 saturated heterocycles. The topological polar surface area (TPSA) is 114 Å². The molecule has 1 spiro atoms. The van der Waals surface area contributed by atoms with Gasteiger partial charge in [-0.1, -0.05) is 56.1 Å². The summed E-state index contributed by atoms with van der Waals surface area (Å²) in [7, 11) is 0. The molecule has 5 rings (SSSR count). The number of hydrogen-bond donors (Lipinski definition) is 5. The van der Waals surface area contributed by atoms with E-state index in [9.17, 15) is 24.2 Å². The van der Waals surface area contributed by atoms with Gasteiger partial charge in [-0.05, 0) is 41.2 Å². The zero-order valence-corrected chi connectivity index (χ0v) is 24.5. The number of nitrogens with one attached hydrogen (secondary N) is 3. The Morgan fingerprint density at radius 1 is 1.15 bits per heavy atom. The number of β-amino-alcohol motifs (C(OH)–C–C–N with tert-alkyl or cyclic N) is 2.